The highest BCUT2D eigenvalue weighted by atomic mass is 15.0. The van der Waals surface area contributed by atoms with E-state index in [2.05, 4.69) is 108 Å². The Labute approximate surface area is 277 Å². The Morgan fingerprint density at radius 2 is 1.55 bits per heavy atom. The molecule has 5 heteroatoms. The lowest BCUT2D eigenvalue weighted by Crippen LogP contribution is -1.98. The number of pyridine rings is 1. The lowest BCUT2D eigenvalue weighted by atomic mass is 9.99. The number of benzene rings is 4. The van der Waals surface area contributed by atoms with Crippen LogP contribution in [0.2, 0.25) is 0 Å². The first-order chi connectivity index (χ1) is 23.1. The first kappa shape index (κ1) is 32.3. The van der Waals surface area contributed by atoms with Crippen molar-refractivity contribution in [2.24, 2.45) is 17.2 Å². The molecule has 0 aliphatic carbocycles. The van der Waals surface area contributed by atoms with Gasteiger partial charge < -0.3 is 21.8 Å². The fraction of sp³-hybridized carbons (Fsp3) is 0.0714. The zero-order valence-electron chi connectivity index (χ0n) is 27.0. The summed E-state index contributed by atoms with van der Waals surface area (Å²) < 4.78 is 2.35. The van der Waals surface area contributed by atoms with Gasteiger partial charge in [-0.2, -0.15) is 0 Å². The van der Waals surface area contributed by atoms with Gasteiger partial charge in [-0.1, -0.05) is 112 Å². The molecule has 47 heavy (non-hydrogen) atoms. The van der Waals surface area contributed by atoms with Crippen LogP contribution in [0, 0.1) is 0 Å². The molecule has 0 aliphatic heterocycles. The van der Waals surface area contributed by atoms with E-state index in [1.54, 1.807) is 30.6 Å². The van der Waals surface area contributed by atoms with Crippen molar-refractivity contribution in [2.75, 3.05) is 0 Å². The molecule has 5 nitrogen and oxygen atoms in total. The quantitative estimate of drug-likeness (QED) is 0.141. The fourth-order valence-electron chi connectivity index (χ4n) is 5.78. The summed E-state index contributed by atoms with van der Waals surface area (Å²) in [7, 11) is 0. The number of hydrogen-bond acceptors (Lipinski definition) is 4. The lowest BCUT2D eigenvalue weighted by Gasteiger charge is -2.11. The average Bonchev–Trinajstić information content (AvgIpc) is 3.47. The van der Waals surface area contributed by atoms with Crippen molar-refractivity contribution in [2.45, 2.75) is 20.3 Å². The molecule has 6 aromatic rings. The van der Waals surface area contributed by atoms with Gasteiger partial charge in [0.25, 0.3) is 0 Å². The van der Waals surface area contributed by atoms with Crippen LogP contribution in [0.4, 0.5) is 0 Å². The first-order valence-electron chi connectivity index (χ1n) is 15.8. The Morgan fingerprint density at radius 3 is 2.23 bits per heavy atom. The van der Waals surface area contributed by atoms with E-state index in [9.17, 15) is 0 Å². The summed E-state index contributed by atoms with van der Waals surface area (Å²) >= 11 is 0. The number of nitrogens with zero attached hydrogens (tertiary/aromatic N) is 2. The van der Waals surface area contributed by atoms with Gasteiger partial charge in [0.2, 0.25) is 0 Å². The molecule has 6 rings (SSSR count). The molecule has 0 unspecified atom stereocenters. The normalized spacial score (nSPS) is 12.4. The molecule has 234 valence electrons. The second-order valence-corrected chi connectivity index (χ2v) is 10.8. The number of aromatic nitrogens is 2. The van der Waals surface area contributed by atoms with E-state index in [0.29, 0.717) is 12.1 Å². The standard InChI is InChI=1S/C40H35N5.C2H6/c1-3-9-37(43)38-21-17-32(26-44-38)28-14-18-34-30(22-28)16-20-36-35-19-15-29(31(25-42)11-8-10-27(4-2)24-41)23-39(35)45(40(34)36)33-12-6-5-7-13-33;1-2/h3-9,11-26H,1-2,10,41-43H2;1-2H3/b11-8-,27-24+,31-25+,37-9-;. The molecule has 6 N–H and O–H groups in total. The summed E-state index contributed by atoms with van der Waals surface area (Å²) in [4.78, 5) is 4.58. The highest BCUT2D eigenvalue weighted by molar-refractivity contribution is 6.19. The minimum Gasteiger partial charge on any atom is -0.404 e. The van der Waals surface area contributed by atoms with E-state index in [1.165, 1.54) is 16.2 Å². The number of rotatable bonds is 9. The van der Waals surface area contributed by atoms with Crippen LogP contribution in [0.1, 0.15) is 31.5 Å². The predicted molar refractivity (Wildman–Crippen MR) is 204 cm³/mol. The van der Waals surface area contributed by atoms with E-state index < -0.39 is 0 Å². The molecule has 2 heterocycles. The summed E-state index contributed by atoms with van der Waals surface area (Å²) in [6.07, 6.45) is 15.0. The largest absolute Gasteiger partial charge is 0.404 e. The number of fused-ring (bicyclic) bond motifs is 5. The number of hydrogen-bond donors (Lipinski definition) is 3. The van der Waals surface area contributed by atoms with Gasteiger partial charge in [0.15, 0.2) is 0 Å². The maximum atomic E-state index is 6.13. The Morgan fingerprint density at radius 1 is 0.809 bits per heavy atom. The van der Waals surface area contributed by atoms with Gasteiger partial charge in [-0.25, -0.2) is 0 Å². The van der Waals surface area contributed by atoms with Gasteiger partial charge in [-0.3, -0.25) is 4.98 Å². The van der Waals surface area contributed by atoms with Gasteiger partial charge >= 0.3 is 0 Å². The zero-order valence-corrected chi connectivity index (χ0v) is 27.0. The molecule has 0 amide bonds. The monoisotopic (exact) mass is 615 g/mol. The smallest absolute Gasteiger partial charge is 0.0859 e. The van der Waals surface area contributed by atoms with Gasteiger partial charge in [-0.15, -0.1) is 0 Å². The maximum Gasteiger partial charge on any atom is 0.0859 e. The molecule has 4 aromatic carbocycles. The minimum atomic E-state index is 0.588. The van der Waals surface area contributed by atoms with Crippen LogP contribution in [0.3, 0.4) is 0 Å². The topological polar surface area (TPSA) is 95.9 Å². The molecule has 0 saturated heterocycles. The van der Waals surface area contributed by atoms with Gasteiger partial charge in [0, 0.05) is 39.8 Å². The van der Waals surface area contributed by atoms with Crippen molar-refractivity contribution in [3.05, 3.63) is 170 Å². The Hall–Kier alpha value is -6.07. The van der Waals surface area contributed by atoms with E-state index in [4.69, 9.17) is 17.2 Å². The zero-order chi connectivity index (χ0) is 33.3. The number of para-hydroxylation sites is 1. The summed E-state index contributed by atoms with van der Waals surface area (Å²) in [5.74, 6) is 0. The van der Waals surface area contributed by atoms with Gasteiger partial charge in [0.1, 0.15) is 0 Å². The number of allylic oxidation sites excluding steroid dienone is 7. The van der Waals surface area contributed by atoms with Crippen LogP contribution >= 0.6 is 0 Å². The maximum absolute atomic E-state index is 6.13. The Bertz CT molecular complexity index is 2180. The third-order valence-electron chi connectivity index (χ3n) is 8.09. The predicted octanol–water partition coefficient (Wildman–Crippen LogP) is 9.79. The van der Waals surface area contributed by atoms with Crippen molar-refractivity contribution in [1.29, 1.82) is 0 Å². The third-order valence-corrected chi connectivity index (χ3v) is 8.09. The Balaban J connectivity index is 0.00000213. The van der Waals surface area contributed by atoms with Crippen LogP contribution in [-0.4, -0.2) is 9.55 Å². The molecule has 0 aliphatic rings. The van der Waals surface area contributed by atoms with Crippen LogP contribution in [0.15, 0.2) is 159 Å². The molecule has 0 bridgehead atoms. The molecular weight excluding hydrogens is 574 g/mol. The van der Waals surface area contributed by atoms with E-state index in [0.717, 1.165) is 55.6 Å². The van der Waals surface area contributed by atoms with E-state index in [1.807, 2.05) is 38.3 Å². The van der Waals surface area contributed by atoms with E-state index in [-0.39, 0.29) is 0 Å². The highest BCUT2D eigenvalue weighted by Crippen LogP contribution is 2.39. The van der Waals surface area contributed by atoms with E-state index >= 15 is 0 Å². The van der Waals surface area contributed by atoms with Crippen molar-refractivity contribution < 1.29 is 0 Å². The molecule has 0 saturated carbocycles. The minimum absolute atomic E-state index is 0.588. The van der Waals surface area contributed by atoms with Crippen LogP contribution in [-0.2, 0) is 0 Å². The lowest BCUT2D eigenvalue weighted by molar-refractivity contribution is 1.19. The molecule has 0 spiro atoms. The molecular formula is C42H41N5. The summed E-state index contributed by atoms with van der Waals surface area (Å²) in [5, 5.41) is 4.68. The van der Waals surface area contributed by atoms with Gasteiger partial charge in [-0.05, 0) is 76.7 Å². The van der Waals surface area contributed by atoms with Crippen LogP contribution < -0.4 is 17.2 Å². The first-order valence-corrected chi connectivity index (χ1v) is 15.8. The molecule has 0 atom stereocenters. The van der Waals surface area contributed by atoms with Crippen molar-refractivity contribution in [3.63, 3.8) is 0 Å². The van der Waals surface area contributed by atoms with Gasteiger partial charge in [0.05, 0.1) is 22.4 Å². The van der Waals surface area contributed by atoms with Crippen molar-refractivity contribution >= 4 is 43.8 Å². The summed E-state index contributed by atoms with van der Waals surface area (Å²) in [6.45, 7) is 11.5. The third kappa shape index (κ3) is 6.51. The van der Waals surface area contributed by atoms with Crippen molar-refractivity contribution in [1.82, 2.24) is 9.55 Å². The SMILES string of the molecule is C=C/C=C(\N)c1ccc(-c2ccc3c(ccc4c5ccc(C(/C=C\C/C(C=C)=C/N)=C/N)cc5n(-c5ccccc5)c34)c2)cn1.CC. The molecule has 2 aromatic heterocycles. The molecule has 0 radical (unpaired) electrons. The van der Waals surface area contributed by atoms with Crippen LogP contribution in [0.5, 0.6) is 0 Å². The van der Waals surface area contributed by atoms with Crippen LogP contribution in [0.25, 0.3) is 60.7 Å². The average molecular weight is 616 g/mol. The number of nitrogens with two attached hydrogens (primary N) is 3. The fourth-order valence-corrected chi connectivity index (χ4v) is 5.78. The Kier molecular flexibility index (Phi) is 10.2. The summed E-state index contributed by atoms with van der Waals surface area (Å²) in [6, 6.07) is 32.0. The van der Waals surface area contributed by atoms with Crippen molar-refractivity contribution in [3.8, 4) is 16.8 Å². The second kappa shape index (κ2) is 14.8. The highest BCUT2D eigenvalue weighted by Gasteiger charge is 2.16. The second-order valence-electron chi connectivity index (χ2n) is 10.8. The summed E-state index contributed by atoms with van der Waals surface area (Å²) in [5.41, 5.74) is 27.6. The molecule has 0 fully saturated rings.